The first-order valence-electron chi connectivity index (χ1n) is 7.13. The Bertz CT molecular complexity index is 577. The van der Waals surface area contributed by atoms with Crippen LogP contribution in [0.2, 0.25) is 0 Å². The minimum absolute atomic E-state index is 0.0182. The zero-order chi connectivity index (χ0) is 15.2. The van der Waals surface area contributed by atoms with Crippen LogP contribution in [0.3, 0.4) is 0 Å². The van der Waals surface area contributed by atoms with E-state index < -0.39 is 0 Å². The number of likely N-dealkylation sites (N-methyl/N-ethyl adjacent to an activating group) is 1. The summed E-state index contributed by atoms with van der Waals surface area (Å²) in [5.41, 5.74) is 1.10. The van der Waals surface area contributed by atoms with Crippen LogP contribution in [0.4, 0.5) is 0 Å². The molecule has 1 N–H and O–H groups in total. The number of carbonyl (C=O) groups is 1. The van der Waals surface area contributed by atoms with Gasteiger partial charge in [-0.2, -0.15) is 0 Å². The zero-order valence-electron chi connectivity index (χ0n) is 12.8. The highest BCUT2D eigenvalue weighted by Gasteiger charge is 2.18. The fraction of sp³-hybridized carbons (Fsp3) is 0.353. The maximum atomic E-state index is 12.2. The van der Waals surface area contributed by atoms with Gasteiger partial charge in [-0.25, -0.2) is 0 Å². The number of rotatable bonds is 6. The fourth-order valence-electron chi connectivity index (χ4n) is 2.09. The van der Waals surface area contributed by atoms with Crippen LogP contribution in [0, 0.1) is 6.92 Å². The molecule has 1 amide bonds. The van der Waals surface area contributed by atoms with Gasteiger partial charge in [-0.1, -0.05) is 30.3 Å². The number of furan rings is 1. The number of hydrogen-bond acceptors (Lipinski definition) is 3. The van der Waals surface area contributed by atoms with Crippen LogP contribution >= 0.6 is 0 Å². The van der Waals surface area contributed by atoms with Crippen LogP contribution in [-0.4, -0.2) is 23.9 Å². The summed E-state index contributed by atoms with van der Waals surface area (Å²) in [6, 6.07) is 13.6. The lowest BCUT2D eigenvalue weighted by Crippen LogP contribution is -2.42. The predicted octanol–water partition coefficient (Wildman–Crippen LogP) is 2.72. The van der Waals surface area contributed by atoms with E-state index in [0.29, 0.717) is 13.1 Å². The summed E-state index contributed by atoms with van der Waals surface area (Å²) in [6.07, 6.45) is 0. The van der Waals surface area contributed by atoms with Gasteiger partial charge in [0.1, 0.15) is 11.5 Å². The second kappa shape index (κ2) is 7.09. The van der Waals surface area contributed by atoms with Gasteiger partial charge in [-0.3, -0.25) is 9.69 Å². The summed E-state index contributed by atoms with van der Waals surface area (Å²) in [4.78, 5) is 14.1. The SMILES string of the molecule is Cc1ccc(CN(C)C(C)C(=O)NCc2ccccc2)o1. The van der Waals surface area contributed by atoms with Gasteiger partial charge < -0.3 is 9.73 Å². The number of benzene rings is 1. The standard InChI is InChI=1S/C17H22N2O2/c1-13-9-10-16(21-13)12-19(3)14(2)17(20)18-11-15-7-5-4-6-8-15/h4-10,14H,11-12H2,1-3H3,(H,18,20). The highest BCUT2D eigenvalue weighted by molar-refractivity contribution is 5.81. The van der Waals surface area contributed by atoms with E-state index in [1.165, 1.54) is 0 Å². The van der Waals surface area contributed by atoms with Gasteiger partial charge in [0, 0.05) is 6.54 Å². The van der Waals surface area contributed by atoms with Crippen LogP contribution in [0.5, 0.6) is 0 Å². The van der Waals surface area contributed by atoms with Crippen molar-refractivity contribution in [3.8, 4) is 0 Å². The minimum atomic E-state index is -0.209. The van der Waals surface area contributed by atoms with E-state index >= 15 is 0 Å². The summed E-state index contributed by atoms with van der Waals surface area (Å²) < 4.78 is 5.54. The van der Waals surface area contributed by atoms with Crippen molar-refractivity contribution in [1.29, 1.82) is 0 Å². The Kier molecular flexibility index (Phi) is 5.17. The summed E-state index contributed by atoms with van der Waals surface area (Å²) in [5, 5.41) is 2.96. The van der Waals surface area contributed by atoms with Gasteiger partial charge in [0.25, 0.3) is 0 Å². The van der Waals surface area contributed by atoms with Crippen molar-refractivity contribution in [2.24, 2.45) is 0 Å². The summed E-state index contributed by atoms with van der Waals surface area (Å²) in [5.74, 6) is 1.78. The van der Waals surface area contributed by atoms with Crippen LogP contribution in [0.25, 0.3) is 0 Å². The molecule has 112 valence electrons. The molecule has 0 fully saturated rings. The lowest BCUT2D eigenvalue weighted by molar-refractivity contribution is -0.125. The normalized spacial score (nSPS) is 12.4. The second-order valence-corrected chi connectivity index (χ2v) is 5.31. The Labute approximate surface area is 125 Å². The minimum Gasteiger partial charge on any atom is -0.465 e. The average molecular weight is 286 g/mol. The molecule has 4 nitrogen and oxygen atoms in total. The van der Waals surface area contributed by atoms with Crippen molar-refractivity contribution in [2.45, 2.75) is 33.0 Å². The van der Waals surface area contributed by atoms with Crippen molar-refractivity contribution >= 4 is 5.91 Å². The van der Waals surface area contributed by atoms with E-state index in [1.807, 2.05) is 68.3 Å². The highest BCUT2D eigenvalue weighted by Crippen LogP contribution is 2.10. The van der Waals surface area contributed by atoms with Crippen molar-refractivity contribution in [2.75, 3.05) is 7.05 Å². The smallest absolute Gasteiger partial charge is 0.237 e. The molecule has 4 heteroatoms. The molecule has 21 heavy (non-hydrogen) atoms. The molecule has 1 aromatic heterocycles. The van der Waals surface area contributed by atoms with E-state index in [9.17, 15) is 4.79 Å². The van der Waals surface area contributed by atoms with Crippen LogP contribution in [-0.2, 0) is 17.9 Å². The molecule has 1 aromatic carbocycles. The number of hydrogen-bond donors (Lipinski definition) is 1. The molecule has 0 radical (unpaired) electrons. The molecule has 2 aromatic rings. The predicted molar refractivity (Wildman–Crippen MR) is 82.7 cm³/mol. The van der Waals surface area contributed by atoms with Crippen molar-refractivity contribution in [3.63, 3.8) is 0 Å². The third-order valence-electron chi connectivity index (χ3n) is 3.55. The molecule has 0 spiro atoms. The summed E-state index contributed by atoms with van der Waals surface area (Å²) in [7, 11) is 1.92. The molecule has 0 saturated heterocycles. The first-order chi connectivity index (χ1) is 10.1. The van der Waals surface area contributed by atoms with Crippen LogP contribution in [0.15, 0.2) is 46.9 Å². The molecular weight excluding hydrogens is 264 g/mol. The third kappa shape index (κ3) is 4.46. The molecule has 1 heterocycles. The zero-order valence-corrected chi connectivity index (χ0v) is 12.8. The van der Waals surface area contributed by atoms with E-state index in [-0.39, 0.29) is 11.9 Å². The lowest BCUT2D eigenvalue weighted by atomic mass is 10.2. The molecule has 0 bridgehead atoms. The Morgan fingerprint density at radius 1 is 1.24 bits per heavy atom. The molecule has 1 unspecified atom stereocenters. The first-order valence-corrected chi connectivity index (χ1v) is 7.13. The van der Waals surface area contributed by atoms with Gasteiger partial charge >= 0.3 is 0 Å². The van der Waals surface area contributed by atoms with E-state index in [2.05, 4.69) is 5.32 Å². The lowest BCUT2D eigenvalue weighted by Gasteiger charge is -2.22. The topological polar surface area (TPSA) is 45.5 Å². The fourth-order valence-corrected chi connectivity index (χ4v) is 2.09. The van der Waals surface area contributed by atoms with Gasteiger partial charge in [0.15, 0.2) is 0 Å². The van der Waals surface area contributed by atoms with Gasteiger partial charge in [-0.05, 0) is 38.6 Å². The molecule has 0 saturated carbocycles. The van der Waals surface area contributed by atoms with E-state index in [1.54, 1.807) is 0 Å². The molecule has 0 aliphatic rings. The van der Waals surface area contributed by atoms with Gasteiger partial charge in [-0.15, -0.1) is 0 Å². The molecular formula is C17H22N2O2. The van der Waals surface area contributed by atoms with Gasteiger partial charge in [0.05, 0.1) is 12.6 Å². The molecule has 0 aliphatic heterocycles. The summed E-state index contributed by atoms with van der Waals surface area (Å²) in [6.45, 7) is 4.99. The monoisotopic (exact) mass is 286 g/mol. The number of aryl methyl sites for hydroxylation is 1. The Hall–Kier alpha value is -2.07. The molecule has 2 rings (SSSR count). The second-order valence-electron chi connectivity index (χ2n) is 5.31. The van der Waals surface area contributed by atoms with Crippen LogP contribution < -0.4 is 5.32 Å². The molecule has 0 aliphatic carbocycles. The highest BCUT2D eigenvalue weighted by atomic mass is 16.3. The number of carbonyl (C=O) groups excluding carboxylic acids is 1. The maximum Gasteiger partial charge on any atom is 0.237 e. The van der Waals surface area contributed by atoms with Gasteiger partial charge in [0.2, 0.25) is 5.91 Å². The summed E-state index contributed by atoms with van der Waals surface area (Å²) >= 11 is 0. The van der Waals surface area contributed by atoms with Crippen LogP contribution in [0.1, 0.15) is 24.0 Å². The molecule has 1 atom stereocenters. The third-order valence-corrected chi connectivity index (χ3v) is 3.55. The largest absolute Gasteiger partial charge is 0.465 e. The van der Waals surface area contributed by atoms with Crippen molar-refractivity contribution in [1.82, 2.24) is 10.2 Å². The quantitative estimate of drug-likeness (QED) is 0.888. The average Bonchev–Trinajstić information content (AvgIpc) is 2.90. The Balaban J connectivity index is 1.83. The van der Waals surface area contributed by atoms with E-state index in [0.717, 1.165) is 17.1 Å². The first kappa shape index (κ1) is 15.3. The maximum absolute atomic E-state index is 12.2. The number of nitrogens with one attached hydrogen (secondary N) is 1. The van der Waals surface area contributed by atoms with Crippen molar-refractivity contribution in [3.05, 3.63) is 59.5 Å². The van der Waals surface area contributed by atoms with E-state index in [4.69, 9.17) is 4.42 Å². The number of amides is 1. The Morgan fingerprint density at radius 2 is 1.95 bits per heavy atom. The van der Waals surface area contributed by atoms with Crippen molar-refractivity contribution < 1.29 is 9.21 Å². The Morgan fingerprint density at radius 3 is 2.57 bits per heavy atom. The number of nitrogens with zero attached hydrogens (tertiary/aromatic N) is 1.